The monoisotopic (exact) mass is 301 g/mol. The highest BCUT2D eigenvalue weighted by Gasteiger charge is 2.02. The Bertz CT molecular complexity index is 585. The zero-order valence-corrected chi connectivity index (χ0v) is 11.2. The number of nitrogen functional groups attached to an aromatic ring is 1. The number of rotatable bonds is 3. The van der Waals surface area contributed by atoms with Crippen LogP contribution in [0.15, 0.2) is 18.2 Å². The van der Waals surface area contributed by atoms with Gasteiger partial charge in [0.1, 0.15) is 12.4 Å². The molecule has 0 aliphatic carbocycles. The first-order chi connectivity index (χ1) is 9.38. The zero-order valence-electron chi connectivity index (χ0n) is 10.4. The van der Waals surface area contributed by atoms with Crippen LogP contribution in [0.2, 0.25) is 5.02 Å². The van der Waals surface area contributed by atoms with Gasteiger partial charge in [-0.1, -0.05) is 11.6 Å². The van der Waals surface area contributed by atoms with Gasteiger partial charge in [-0.25, -0.2) is 0 Å². The number of aromatic nitrogens is 3. The van der Waals surface area contributed by atoms with Crippen LogP contribution < -0.4 is 10.5 Å². The van der Waals surface area contributed by atoms with Gasteiger partial charge in [0.15, 0.2) is 5.82 Å². The van der Waals surface area contributed by atoms with E-state index in [1.165, 1.54) is 0 Å². The van der Waals surface area contributed by atoms with Crippen molar-refractivity contribution in [3.63, 3.8) is 0 Å². The van der Waals surface area contributed by atoms with E-state index in [0.29, 0.717) is 12.4 Å². The summed E-state index contributed by atoms with van der Waals surface area (Å²) in [5, 5.41) is 20.7. The smallest absolute Gasteiger partial charge is 0.291 e. The third kappa shape index (κ3) is 5.40. The van der Waals surface area contributed by atoms with Crippen LogP contribution in [0.1, 0.15) is 11.4 Å². The van der Waals surface area contributed by atoms with Gasteiger partial charge in [0, 0.05) is 5.02 Å². The Hall–Kier alpha value is -2.55. The van der Waals surface area contributed by atoms with Crippen LogP contribution in [-0.4, -0.2) is 25.5 Å². The Kier molecular flexibility index (Phi) is 5.54. The Morgan fingerprint density at radius 1 is 1.60 bits per heavy atom. The van der Waals surface area contributed by atoms with E-state index in [2.05, 4.69) is 15.2 Å². The molecular weight excluding hydrogens is 290 g/mol. The second-order valence-corrected chi connectivity index (χ2v) is 3.99. The summed E-state index contributed by atoms with van der Waals surface area (Å²) in [5.41, 5.74) is 6.33. The Balaban J connectivity index is 0.000000444. The lowest BCUT2D eigenvalue weighted by Crippen LogP contribution is -1.98. The summed E-state index contributed by atoms with van der Waals surface area (Å²) in [5.74, 6) is 1.54. The number of nitrogens with zero attached hydrogens (tertiary/aromatic N) is 3. The van der Waals surface area contributed by atoms with Gasteiger partial charge >= 0.3 is 0 Å². The van der Waals surface area contributed by atoms with Crippen molar-refractivity contribution in [2.24, 2.45) is 0 Å². The normalized spacial score (nSPS) is 9.50. The fraction of sp³-hybridized carbons (Fsp3) is 0.200. The van der Waals surface area contributed by atoms with Crippen molar-refractivity contribution in [3.8, 4) is 5.75 Å². The topological polar surface area (TPSA) is 140 Å². The van der Waals surface area contributed by atoms with Gasteiger partial charge < -0.3 is 15.7 Å². The fourth-order valence-corrected chi connectivity index (χ4v) is 1.35. The van der Waals surface area contributed by atoms with Gasteiger partial charge in [-0.3, -0.25) is 5.10 Å². The first-order valence-corrected chi connectivity index (χ1v) is 5.65. The molecule has 1 aromatic heterocycles. The van der Waals surface area contributed by atoms with E-state index in [9.17, 15) is 0 Å². The molecule has 20 heavy (non-hydrogen) atoms. The molecule has 0 aliphatic rings. The number of benzene rings is 1. The standard InChI is InChI=1S/C10H11ClN4O.HNO3/c1-6-4-7(2-3-8(6)11)16-5-9-13-10(12)15-14-9;2-1(3)4/h2-4H,5H2,1H3,(H3,12,13,14,15);(H,2,3,4). The Labute approximate surface area is 118 Å². The first kappa shape index (κ1) is 15.5. The highest BCUT2D eigenvalue weighted by atomic mass is 35.5. The van der Waals surface area contributed by atoms with Crippen LogP contribution in [0.4, 0.5) is 5.95 Å². The predicted octanol–water partition coefficient (Wildman–Crippen LogP) is 1.58. The van der Waals surface area contributed by atoms with Crippen molar-refractivity contribution in [2.75, 3.05) is 5.73 Å². The minimum absolute atomic E-state index is 0.214. The van der Waals surface area contributed by atoms with E-state index < -0.39 is 5.09 Å². The van der Waals surface area contributed by atoms with Crippen molar-refractivity contribution in [2.45, 2.75) is 13.5 Å². The van der Waals surface area contributed by atoms with E-state index in [0.717, 1.165) is 16.3 Å². The lowest BCUT2D eigenvalue weighted by Gasteiger charge is -2.05. The SMILES string of the molecule is Cc1cc(OCc2nc(N)n[nH]2)ccc1Cl.O=[N+]([O-])O. The Morgan fingerprint density at radius 3 is 2.75 bits per heavy atom. The van der Waals surface area contributed by atoms with E-state index in [-0.39, 0.29) is 5.95 Å². The van der Waals surface area contributed by atoms with Crippen LogP contribution >= 0.6 is 11.6 Å². The summed E-state index contributed by atoms with van der Waals surface area (Å²) in [6.45, 7) is 2.22. The summed E-state index contributed by atoms with van der Waals surface area (Å²) >= 11 is 5.90. The number of hydrogen-bond donors (Lipinski definition) is 3. The number of nitrogens with one attached hydrogen (secondary N) is 1. The van der Waals surface area contributed by atoms with Gasteiger partial charge in [0.25, 0.3) is 5.09 Å². The zero-order chi connectivity index (χ0) is 15.1. The molecule has 10 heteroatoms. The molecule has 1 aromatic carbocycles. The molecule has 0 spiro atoms. The molecule has 0 radical (unpaired) electrons. The first-order valence-electron chi connectivity index (χ1n) is 5.27. The number of H-pyrrole nitrogens is 1. The maximum Gasteiger partial charge on any atom is 0.291 e. The van der Waals surface area contributed by atoms with Crippen LogP contribution in [0, 0.1) is 17.0 Å². The largest absolute Gasteiger partial charge is 0.486 e. The number of halogens is 1. The van der Waals surface area contributed by atoms with Crippen LogP contribution in [0.3, 0.4) is 0 Å². The van der Waals surface area contributed by atoms with Crippen molar-refractivity contribution < 1.29 is 15.0 Å². The molecule has 0 fully saturated rings. The third-order valence-corrected chi connectivity index (χ3v) is 2.48. The molecule has 0 amide bonds. The summed E-state index contributed by atoms with van der Waals surface area (Å²) in [6, 6.07) is 5.46. The minimum Gasteiger partial charge on any atom is -0.486 e. The molecule has 0 saturated heterocycles. The molecule has 0 aliphatic heterocycles. The fourth-order valence-electron chi connectivity index (χ4n) is 1.23. The molecule has 2 rings (SSSR count). The molecule has 0 saturated carbocycles. The van der Waals surface area contributed by atoms with Crippen molar-refractivity contribution in [1.29, 1.82) is 0 Å². The molecule has 108 valence electrons. The van der Waals surface area contributed by atoms with E-state index in [1.54, 1.807) is 12.1 Å². The van der Waals surface area contributed by atoms with Gasteiger partial charge in [-0.15, -0.1) is 15.2 Å². The average Bonchev–Trinajstić information content (AvgIpc) is 2.76. The maximum absolute atomic E-state index is 8.36. The van der Waals surface area contributed by atoms with E-state index in [1.807, 2.05) is 13.0 Å². The molecule has 0 bridgehead atoms. The van der Waals surface area contributed by atoms with Gasteiger partial charge in [0.2, 0.25) is 5.95 Å². The van der Waals surface area contributed by atoms with E-state index >= 15 is 0 Å². The number of hydrogen-bond acceptors (Lipinski definition) is 6. The number of aromatic amines is 1. The lowest BCUT2D eigenvalue weighted by atomic mass is 10.2. The minimum atomic E-state index is -1.50. The second kappa shape index (κ2) is 7.14. The summed E-state index contributed by atoms with van der Waals surface area (Å²) in [4.78, 5) is 12.3. The molecule has 0 unspecified atom stereocenters. The van der Waals surface area contributed by atoms with Crippen molar-refractivity contribution >= 4 is 17.5 Å². The summed E-state index contributed by atoms with van der Waals surface area (Å²) in [6.07, 6.45) is 0. The highest BCUT2D eigenvalue weighted by molar-refractivity contribution is 6.31. The van der Waals surface area contributed by atoms with Crippen LogP contribution in [-0.2, 0) is 6.61 Å². The predicted molar refractivity (Wildman–Crippen MR) is 70.1 cm³/mol. The molecule has 2 aromatic rings. The van der Waals surface area contributed by atoms with Crippen LogP contribution in [0.5, 0.6) is 5.75 Å². The average molecular weight is 302 g/mol. The van der Waals surface area contributed by atoms with Gasteiger partial charge in [0.05, 0.1) is 0 Å². The number of aryl methyl sites for hydroxylation is 1. The molecule has 9 nitrogen and oxygen atoms in total. The second-order valence-electron chi connectivity index (χ2n) is 3.58. The molecule has 4 N–H and O–H groups in total. The molecule has 1 heterocycles. The van der Waals surface area contributed by atoms with E-state index in [4.69, 9.17) is 37.4 Å². The third-order valence-electron chi connectivity index (χ3n) is 2.05. The van der Waals surface area contributed by atoms with Crippen molar-refractivity contribution in [1.82, 2.24) is 15.2 Å². The number of nitrogens with two attached hydrogens (primary N) is 1. The highest BCUT2D eigenvalue weighted by Crippen LogP contribution is 2.21. The number of ether oxygens (including phenoxy) is 1. The number of anilines is 1. The molecule has 0 atom stereocenters. The van der Waals surface area contributed by atoms with Gasteiger partial charge in [-0.2, -0.15) is 4.98 Å². The van der Waals surface area contributed by atoms with Crippen molar-refractivity contribution in [3.05, 3.63) is 44.7 Å². The lowest BCUT2D eigenvalue weighted by molar-refractivity contribution is -0.742. The summed E-state index contributed by atoms with van der Waals surface area (Å²) < 4.78 is 5.49. The molecular formula is C10H12ClN5O4. The van der Waals surface area contributed by atoms with Crippen LogP contribution in [0.25, 0.3) is 0 Å². The Morgan fingerprint density at radius 2 is 2.25 bits per heavy atom. The summed E-state index contributed by atoms with van der Waals surface area (Å²) in [7, 11) is 0. The van der Waals surface area contributed by atoms with Gasteiger partial charge in [-0.05, 0) is 30.7 Å². The maximum atomic E-state index is 8.36. The quantitative estimate of drug-likeness (QED) is 0.577.